The zero-order valence-corrected chi connectivity index (χ0v) is 14.9. The van der Waals surface area contributed by atoms with Crippen LogP contribution < -0.4 is 20.1 Å². The number of hydrogen-bond acceptors (Lipinski definition) is 4. The van der Waals surface area contributed by atoms with E-state index in [2.05, 4.69) is 15.7 Å². The Labute approximate surface area is 156 Å². The number of anilines is 2. The molecular weight excluding hydrogens is 344 g/mol. The molecule has 1 aliphatic heterocycles. The van der Waals surface area contributed by atoms with Gasteiger partial charge in [0.25, 0.3) is 0 Å². The summed E-state index contributed by atoms with van der Waals surface area (Å²) in [5, 5.41) is 9.86. The highest BCUT2D eigenvalue weighted by atomic mass is 16.6. The van der Waals surface area contributed by atoms with Crippen LogP contribution in [0.5, 0.6) is 11.5 Å². The Kier molecular flexibility index (Phi) is 4.65. The number of urea groups is 1. The molecule has 0 aliphatic carbocycles. The van der Waals surface area contributed by atoms with E-state index in [0.717, 1.165) is 22.7 Å². The molecule has 7 heteroatoms. The average Bonchev–Trinajstić information content (AvgIpc) is 3.08. The van der Waals surface area contributed by atoms with Gasteiger partial charge in [-0.1, -0.05) is 24.3 Å². The first-order chi connectivity index (χ1) is 13.2. The number of carbonyl (C=O) groups is 1. The minimum atomic E-state index is -0.314. The second-order valence-corrected chi connectivity index (χ2v) is 6.40. The molecule has 3 aromatic rings. The highest BCUT2D eigenvalue weighted by Gasteiger charge is 2.21. The Hall–Kier alpha value is -3.48. The lowest BCUT2D eigenvalue weighted by atomic mass is 10.2. The second-order valence-electron chi connectivity index (χ2n) is 6.40. The van der Waals surface area contributed by atoms with Gasteiger partial charge in [-0.2, -0.15) is 5.10 Å². The van der Waals surface area contributed by atoms with Crippen LogP contribution in [0.2, 0.25) is 0 Å². The molecule has 1 aromatic heterocycles. The van der Waals surface area contributed by atoms with E-state index in [1.165, 1.54) is 0 Å². The van der Waals surface area contributed by atoms with Crippen molar-refractivity contribution in [1.29, 1.82) is 0 Å². The van der Waals surface area contributed by atoms with Gasteiger partial charge in [0.05, 0.1) is 18.4 Å². The summed E-state index contributed by atoms with van der Waals surface area (Å²) in [4.78, 5) is 12.1. The van der Waals surface area contributed by atoms with E-state index in [9.17, 15) is 4.79 Å². The summed E-state index contributed by atoms with van der Waals surface area (Å²) in [6.07, 6.45) is 3.22. The number of nitrogens with zero attached hydrogens (tertiary/aromatic N) is 2. The number of benzene rings is 2. The maximum absolute atomic E-state index is 12.1. The van der Waals surface area contributed by atoms with Crippen molar-refractivity contribution in [2.24, 2.45) is 0 Å². The Balaban J connectivity index is 1.33. The molecule has 7 nitrogen and oxygen atoms in total. The van der Waals surface area contributed by atoms with E-state index in [0.29, 0.717) is 18.8 Å². The molecule has 0 fully saturated rings. The van der Waals surface area contributed by atoms with E-state index < -0.39 is 0 Å². The van der Waals surface area contributed by atoms with Crippen molar-refractivity contribution >= 4 is 17.4 Å². The lowest BCUT2D eigenvalue weighted by Crippen LogP contribution is -2.33. The first kappa shape index (κ1) is 17.0. The molecule has 1 aliphatic rings. The second kappa shape index (κ2) is 7.41. The van der Waals surface area contributed by atoms with Crippen LogP contribution in [-0.2, 0) is 6.54 Å². The third-order valence-corrected chi connectivity index (χ3v) is 4.13. The smallest absolute Gasteiger partial charge is 0.323 e. The van der Waals surface area contributed by atoms with E-state index in [1.807, 2.05) is 55.5 Å². The number of amides is 2. The summed E-state index contributed by atoms with van der Waals surface area (Å²) in [5.74, 6) is 1.49. The number of aryl methyl sites for hydroxylation is 1. The van der Waals surface area contributed by atoms with Crippen molar-refractivity contribution in [2.75, 3.05) is 17.2 Å². The largest absolute Gasteiger partial charge is 0.486 e. The monoisotopic (exact) mass is 364 g/mol. The van der Waals surface area contributed by atoms with Gasteiger partial charge in [-0.25, -0.2) is 4.79 Å². The number of nitrogens with one attached hydrogen (secondary N) is 2. The lowest BCUT2D eigenvalue weighted by molar-refractivity contribution is 0.0759. The molecule has 1 unspecified atom stereocenters. The minimum Gasteiger partial charge on any atom is -0.486 e. The standard InChI is InChI=1S/C20H20N4O3/c1-14-5-4-6-15(9-14)22-20(25)23-16-10-21-24(11-16)12-17-13-26-18-7-2-3-8-19(18)27-17/h2-11,17H,12-13H2,1H3,(H2,22,23,25). The summed E-state index contributed by atoms with van der Waals surface area (Å²) in [5.41, 5.74) is 2.43. The molecule has 4 rings (SSSR count). The highest BCUT2D eigenvalue weighted by Crippen LogP contribution is 2.31. The first-order valence-corrected chi connectivity index (χ1v) is 8.71. The predicted molar refractivity (Wildman–Crippen MR) is 102 cm³/mol. The first-order valence-electron chi connectivity index (χ1n) is 8.71. The molecular formula is C20H20N4O3. The molecule has 0 bridgehead atoms. The van der Waals surface area contributed by atoms with Crippen LogP contribution in [0.3, 0.4) is 0 Å². The Morgan fingerprint density at radius 1 is 1.15 bits per heavy atom. The fraction of sp³-hybridized carbons (Fsp3) is 0.200. The quantitative estimate of drug-likeness (QED) is 0.740. The number of fused-ring (bicyclic) bond motifs is 1. The van der Waals surface area contributed by atoms with Gasteiger partial charge in [0, 0.05) is 11.9 Å². The minimum absolute atomic E-state index is 0.145. The number of ether oxygens (including phenoxy) is 2. The SMILES string of the molecule is Cc1cccc(NC(=O)Nc2cnn(CC3COc4ccccc4O3)c2)c1. The van der Waals surface area contributed by atoms with Gasteiger partial charge in [0.1, 0.15) is 6.61 Å². The van der Waals surface area contributed by atoms with Crippen LogP contribution in [0.4, 0.5) is 16.2 Å². The maximum Gasteiger partial charge on any atom is 0.323 e. The topological polar surface area (TPSA) is 77.4 Å². The Morgan fingerprint density at radius 2 is 1.96 bits per heavy atom. The molecule has 2 heterocycles. The van der Waals surface area contributed by atoms with Crippen molar-refractivity contribution in [3.8, 4) is 11.5 Å². The molecule has 0 saturated heterocycles. The van der Waals surface area contributed by atoms with Gasteiger partial charge >= 0.3 is 6.03 Å². The highest BCUT2D eigenvalue weighted by molar-refractivity contribution is 5.99. The third-order valence-electron chi connectivity index (χ3n) is 4.13. The Morgan fingerprint density at radius 3 is 2.81 bits per heavy atom. The molecule has 1 atom stereocenters. The molecule has 0 saturated carbocycles. The maximum atomic E-state index is 12.1. The van der Waals surface area contributed by atoms with Gasteiger partial charge in [-0.15, -0.1) is 0 Å². The molecule has 2 N–H and O–H groups in total. The molecule has 0 radical (unpaired) electrons. The fourth-order valence-electron chi connectivity index (χ4n) is 2.91. The molecule has 27 heavy (non-hydrogen) atoms. The predicted octanol–water partition coefficient (Wildman–Crippen LogP) is 3.68. The molecule has 138 valence electrons. The van der Waals surface area contributed by atoms with Gasteiger partial charge in [-0.3, -0.25) is 4.68 Å². The van der Waals surface area contributed by atoms with Crippen LogP contribution in [0.25, 0.3) is 0 Å². The fourth-order valence-corrected chi connectivity index (χ4v) is 2.91. The van der Waals surface area contributed by atoms with Crippen LogP contribution in [0.1, 0.15) is 5.56 Å². The zero-order valence-electron chi connectivity index (χ0n) is 14.9. The van der Waals surface area contributed by atoms with Gasteiger partial charge in [0.2, 0.25) is 0 Å². The van der Waals surface area contributed by atoms with E-state index in [1.54, 1.807) is 17.1 Å². The van der Waals surface area contributed by atoms with Gasteiger partial charge < -0.3 is 20.1 Å². The summed E-state index contributed by atoms with van der Waals surface area (Å²) >= 11 is 0. The van der Waals surface area contributed by atoms with Gasteiger partial charge in [-0.05, 0) is 36.8 Å². The van der Waals surface area contributed by atoms with Gasteiger partial charge in [0.15, 0.2) is 17.6 Å². The van der Waals surface area contributed by atoms with Crippen LogP contribution >= 0.6 is 0 Å². The van der Waals surface area contributed by atoms with Crippen molar-refractivity contribution in [2.45, 2.75) is 19.6 Å². The number of para-hydroxylation sites is 2. The normalized spacial score (nSPS) is 15.2. The number of aromatic nitrogens is 2. The molecule has 2 amide bonds. The molecule has 2 aromatic carbocycles. The van der Waals surface area contributed by atoms with Crippen LogP contribution in [0, 0.1) is 6.92 Å². The van der Waals surface area contributed by atoms with Crippen LogP contribution in [0.15, 0.2) is 60.9 Å². The molecule has 0 spiro atoms. The number of rotatable bonds is 4. The van der Waals surface area contributed by atoms with E-state index >= 15 is 0 Å². The van der Waals surface area contributed by atoms with Crippen LogP contribution in [-0.4, -0.2) is 28.5 Å². The average molecular weight is 364 g/mol. The van der Waals surface area contributed by atoms with E-state index in [4.69, 9.17) is 9.47 Å². The summed E-state index contributed by atoms with van der Waals surface area (Å²) in [7, 11) is 0. The lowest BCUT2D eigenvalue weighted by Gasteiger charge is -2.26. The number of carbonyl (C=O) groups excluding carboxylic acids is 1. The zero-order chi connectivity index (χ0) is 18.6. The van der Waals surface area contributed by atoms with Crippen molar-refractivity contribution in [1.82, 2.24) is 9.78 Å². The number of hydrogen-bond donors (Lipinski definition) is 2. The third kappa shape index (κ3) is 4.20. The Bertz CT molecular complexity index is 954. The van der Waals surface area contributed by atoms with Crippen molar-refractivity contribution in [3.05, 3.63) is 66.5 Å². The van der Waals surface area contributed by atoms with Crippen molar-refractivity contribution < 1.29 is 14.3 Å². The van der Waals surface area contributed by atoms with E-state index in [-0.39, 0.29) is 12.1 Å². The summed E-state index contributed by atoms with van der Waals surface area (Å²) < 4.78 is 13.4. The summed E-state index contributed by atoms with van der Waals surface area (Å²) in [6.45, 7) is 2.95. The summed E-state index contributed by atoms with van der Waals surface area (Å²) in [6, 6.07) is 14.9. The van der Waals surface area contributed by atoms with Crippen molar-refractivity contribution in [3.63, 3.8) is 0 Å².